The molecule has 0 heterocycles. The maximum Gasteiger partial charge on any atom is 0.131 e. The van der Waals surface area contributed by atoms with E-state index in [0.29, 0.717) is 6.61 Å². The van der Waals surface area contributed by atoms with Crippen LogP contribution in [-0.4, -0.2) is 24.5 Å². The topological polar surface area (TPSA) is 41.5 Å². The first-order chi connectivity index (χ1) is 11.0. The lowest BCUT2D eigenvalue weighted by atomic mass is 9.97. The summed E-state index contributed by atoms with van der Waals surface area (Å²) in [5.74, 6) is 0. The van der Waals surface area contributed by atoms with Crippen LogP contribution in [0.1, 0.15) is 31.2 Å². The van der Waals surface area contributed by atoms with Crippen molar-refractivity contribution < 1.29 is 9.84 Å². The highest BCUT2D eigenvalue weighted by Crippen LogP contribution is 2.28. The molecule has 0 fully saturated rings. The Morgan fingerprint density at radius 1 is 1.13 bits per heavy atom. The van der Waals surface area contributed by atoms with Gasteiger partial charge in [0.1, 0.15) is 6.23 Å². The van der Waals surface area contributed by atoms with Crippen molar-refractivity contribution in [1.82, 2.24) is 5.32 Å². The van der Waals surface area contributed by atoms with Crippen molar-refractivity contribution in [1.29, 1.82) is 0 Å². The Hall–Kier alpha value is -1.33. The van der Waals surface area contributed by atoms with Crippen LogP contribution in [0.3, 0.4) is 0 Å². The van der Waals surface area contributed by atoms with E-state index < -0.39 is 6.23 Å². The molecule has 2 rings (SSSR count). The molecule has 2 N–H and O–H groups in total. The van der Waals surface area contributed by atoms with Crippen LogP contribution in [0.2, 0.25) is 0 Å². The summed E-state index contributed by atoms with van der Waals surface area (Å²) in [6, 6.07) is 14.8. The lowest BCUT2D eigenvalue weighted by molar-refractivity contribution is 0.128. The zero-order valence-corrected chi connectivity index (χ0v) is 15.0. The molecular weight excluding hydrogens is 306 g/mol. The van der Waals surface area contributed by atoms with E-state index in [1.807, 2.05) is 26.0 Å². The lowest BCUT2D eigenvalue weighted by Crippen LogP contribution is -2.27. The van der Waals surface area contributed by atoms with Crippen molar-refractivity contribution in [3.63, 3.8) is 0 Å². The molecule has 1 unspecified atom stereocenters. The lowest BCUT2D eigenvalue weighted by Gasteiger charge is -2.18. The molecule has 0 bridgehead atoms. The molecule has 3 nitrogen and oxygen atoms in total. The summed E-state index contributed by atoms with van der Waals surface area (Å²) in [7, 11) is 1.69. The van der Waals surface area contributed by atoms with Gasteiger partial charge < -0.3 is 9.84 Å². The van der Waals surface area contributed by atoms with Gasteiger partial charge in [-0.1, -0.05) is 24.3 Å². The molecule has 2 aromatic rings. The van der Waals surface area contributed by atoms with Gasteiger partial charge in [-0.2, -0.15) is 0 Å². The Morgan fingerprint density at radius 2 is 1.83 bits per heavy atom. The van der Waals surface area contributed by atoms with Crippen LogP contribution in [0.25, 0.3) is 11.1 Å². The molecule has 0 amide bonds. The second kappa shape index (κ2) is 8.50. The average Bonchev–Trinajstić information content (AvgIpc) is 2.54. The van der Waals surface area contributed by atoms with Gasteiger partial charge in [-0.25, -0.2) is 0 Å². The highest BCUT2D eigenvalue weighted by Gasteiger charge is 2.12. The monoisotopic (exact) mass is 331 g/mol. The Labute approximate surface area is 143 Å². The number of ether oxygens (including phenoxy) is 1. The minimum atomic E-state index is -0.668. The van der Waals surface area contributed by atoms with Gasteiger partial charge in [0.25, 0.3) is 0 Å². The van der Waals surface area contributed by atoms with Crippen LogP contribution in [-0.2, 0) is 11.3 Å². The molecule has 4 heteroatoms. The first-order valence-corrected chi connectivity index (χ1v) is 8.98. The SMILES string of the molecule is COCc1cc(C(O)NC(C)C)ccc1-c1ccc(SC)cc1. The number of nitrogens with one attached hydrogen (secondary N) is 1. The van der Waals surface area contributed by atoms with Crippen molar-refractivity contribution in [3.8, 4) is 11.1 Å². The van der Waals surface area contributed by atoms with Crippen molar-refractivity contribution in [2.45, 2.75) is 37.6 Å². The van der Waals surface area contributed by atoms with Crippen LogP contribution in [0, 0.1) is 0 Å². The average molecular weight is 331 g/mol. The largest absolute Gasteiger partial charge is 0.380 e. The molecule has 0 aliphatic heterocycles. The molecule has 23 heavy (non-hydrogen) atoms. The molecule has 0 radical (unpaired) electrons. The third kappa shape index (κ3) is 4.82. The van der Waals surface area contributed by atoms with Gasteiger partial charge in [-0.3, -0.25) is 5.32 Å². The third-order valence-corrected chi connectivity index (χ3v) is 4.38. The number of hydrogen-bond donors (Lipinski definition) is 2. The summed E-state index contributed by atoms with van der Waals surface area (Å²) in [5.41, 5.74) is 4.23. The fourth-order valence-corrected chi connectivity index (χ4v) is 2.93. The molecule has 0 spiro atoms. The van der Waals surface area contributed by atoms with E-state index in [2.05, 4.69) is 41.9 Å². The zero-order valence-electron chi connectivity index (χ0n) is 14.2. The van der Waals surface area contributed by atoms with Crippen LogP contribution < -0.4 is 5.32 Å². The number of rotatable bonds is 7. The normalized spacial score (nSPS) is 12.6. The number of benzene rings is 2. The predicted octanol–water partition coefficient (Wildman–Crippen LogP) is 4.21. The van der Waals surface area contributed by atoms with E-state index >= 15 is 0 Å². The molecule has 0 aliphatic carbocycles. The Balaban J connectivity index is 2.35. The van der Waals surface area contributed by atoms with Crippen LogP contribution in [0.15, 0.2) is 47.4 Å². The summed E-state index contributed by atoms with van der Waals surface area (Å²) in [5, 5.41) is 13.4. The van der Waals surface area contributed by atoms with Gasteiger partial charge in [0.15, 0.2) is 0 Å². The highest BCUT2D eigenvalue weighted by molar-refractivity contribution is 7.98. The molecule has 2 aromatic carbocycles. The second-order valence-electron chi connectivity index (χ2n) is 5.80. The minimum Gasteiger partial charge on any atom is -0.380 e. The molecule has 0 saturated heterocycles. The van der Waals surface area contributed by atoms with E-state index in [-0.39, 0.29) is 6.04 Å². The number of methoxy groups -OCH3 is 1. The molecule has 1 atom stereocenters. The summed E-state index contributed by atoms with van der Waals surface area (Å²) >= 11 is 1.73. The fraction of sp³-hybridized carbons (Fsp3) is 0.368. The highest BCUT2D eigenvalue weighted by atomic mass is 32.2. The molecule has 0 aromatic heterocycles. The summed E-state index contributed by atoms with van der Waals surface area (Å²) in [6.45, 7) is 4.55. The number of aliphatic hydroxyl groups excluding tert-OH is 1. The van der Waals surface area contributed by atoms with Crippen LogP contribution >= 0.6 is 11.8 Å². The summed E-state index contributed by atoms with van der Waals surface area (Å²) in [6.07, 6.45) is 1.40. The maximum absolute atomic E-state index is 10.3. The summed E-state index contributed by atoms with van der Waals surface area (Å²) < 4.78 is 5.34. The van der Waals surface area contributed by atoms with E-state index in [4.69, 9.17) is 4.74 Å². The van der Waals surface area contributed by atoms with E-state index in [9.17, 15) is 5.11 Å². The molecule has 0 aliphatic rings. The van der Waals surface area contributed by atoms with E-state index in [1.165, 1.54) is 4.90 Å². The Bertz CT molecular complexity index is 626. The van der Waals surface area contributed by atoms with E-state index in [0.717, 1.165) is 22.3 Å². The van der Waals surface area contributed by atoms with Crippen molar-refractivity contribution in [2.24, 2.45) is 0 Å². The summed E-state index contributed by atoms with van der Waals surface area (Å²) in [4.78, 5) is 1.25. The molecular formula is C19H25NO2S. The van der Waals surface area contributed by atoms with Crippen molar-refractivity contribution in [2.75, 3.05) is 13.4 Å². The maximum atomic E-state index is 10.3. The first-order valence-electron chi connectivity index (χ1n) is 7.75. The van der Waals surface area contributed by atoms with Crippen LogP contribution in [0.5, 0.6) is 0 Å². The van der Waals surface area contributed by atoms with Crippen molar-refractivity contribution >= 4 is 11.8 Å². The fourth-order valence-electron chi connectivity index (χ4n) is 2.52. The Kier molecular flexibility index (Phi) is 6.66. The van der Waals surface area contributed by atoms with Crippen LogP contribution in [0.4, 0.5) is 0 Å². The number of thioether (sulfide) groups is 1. The number of hydrogen-bond acceptors (Lipinski definition) is 4. The molecule has 124 valence electrons. The van der Waals surface area contributed by atoms with E-state index in [1.54, 1.807) is 18.9 Å². The number of aliphatic hydroxyl groups is 1. The smallest absolute Gasteiger partial charge is 0.131 e. The van der Waals surface area contributed by atoms with Gasteiger partial charge in [0.05, 0.1) is 6.61 Å². The quantitative estimate of drug-likeness (QED) is 0.589. The van der Waals surface area contributed by atoms with Gasteiger partial charge in [0.2, 0.25) is 0 Å². The van der Waals surface area contributed by atoms with Gasteiger partial charge >= 0.3 is 0 Å². The predicted molar refractivity (Wildman–Crippen MR) is 97.6 cm³/mol. The van der Waals surface area contributed by atoms with Gasteiger partial charge in [0, 0.05) is 18.0 Å². The first kappa shape index (κ1) is 18.0. The second-order valence-corrected chi connectivity index (χ2v) is 6.68. The zero-order chi connectivity index (χ0) is 16.8. The van der Waals surface area contributed by atoms with Crippen molar-refractivity contribution in [3.05, 3.63) is 53.6 Å². The molecule has 0 saturated carbocycles. The third-order valence-electron chi connectivity index (χ3n) is 3.64. The van der Waals surface area contributed by atoms with Gasteiger partial charge in [-0.15, -0.1) is 11.8 Å². The standard InChI is InChI=1S/C19H25NO2S/c1-13(2)20-19(21)15-7-10-18(16(11-15)12-22-3)14-5-8-17(23-4)9-6-14/h5-11,13,19-21H,12H2,1-4H3. The van der Waals surface area contributed by atoms with Gasteiger partial charge in [-0.05, 0) is 60.6 Å². The minimum absolute atomic E-state index is 0.217. The Morgan fingerprint density at radius 3 is 2.39 bits per heavy atom.